The number of carbonyl (C=O) groups is 2. The highest BCUT2D eigenvalue weighted by molar-refractivity contribution is 5.83. The summed E-state index contributed by atoms with van der Waals surface area (Å²) < 4.78 is 0. The fourth-order valence-corrected chi connectivity index (χ4v) is 0.992. The standard InChI is InChI=1S/C9H19N3O2/c1-7(2)10-8(13)6-12(5)9(14)11(3)4/h7H,6H2,1-5H3,(H,10,13). The number of urea groups is 1. The quantitative estimate of drug-likeness (QED) is 0.705. The first-order chi connectivity index (χ1) is 6.34. The van der Waals surface area contributed by atoms with E-state index in [-0.39, 0.29) is 24.5 Å². The van der Waals surface area contributed by atoms with Crippen LogP contribution in [0.25, 0.3) is 0 Å². The Morgan fingerprint density at radius 2 is 1.71 bits per heavy atom. The minimum atomic E-state index is -0.177. The number of likely N-dealkylation sites (N-methyl/N-ethyl adjacent to an activating group) is 1. The molecule has 82 valence electrons. The molecule has 0 aliphatic rings. The molecule has 5 heteroatoms. The molecule has 0 aromatic rings. The van der Waals surface area contributed by atoms with E-state index in [0.29, 0.717) is 0 Å². The molecular formula is C9H19N3O2. The first kappa shape index (κ1) is 12.7. The second-order valence-electron chi connectivity index (χ2n) is 3.76. The molecule has 0 rings (SSSR count). The van der Waals surface area contributed by atoms with Gasteiger partial charge in [0.2, 0.25) is 5.91 Å². The Hall–Kier alpha value is -1.26. The van der Waals surface area contributed by atoms with Gasteiger partial charge in [-0.25, -0.2) is 4.79 Å². The number of carbonyl (C=O) groups excluding carboxylic acids is 2. The van der Waals surface area contributed by atoms with Crippen LogP contribution in [-0.4, -0.2) is 55.5 Å². The molecule has 0 aliphatic carbocycles. The largest absolute Gasteiger partial charge is 0.352 e. The van der Waals surface area contributed by atoms with E-state index in [2.05, 4.69) is 5.32 Å². The summed E-state index contributed by atoms with van der Waals surface area (Å²) in [6.45, 7) is 3.85. The van der Waals surface area contributed by atoms with Gasteiger partial charge in [0.05, 0.1) is 0 Å². The minimum absolute atomic E-state index is 0.0925. The molecule has 0 saturated heterocycles. The molecule has 0 aliphatic heterocycles. The van der Waals surface area contributed by atoms with E-state index >= 15 is 0 Å². The third kappa shape index (κ3) is 4.69. The molecule has 0 radical (unpaired) electrons. The molecule has 0 spiro atoms. The summed E-state index contributed by atoms with van der Waals surface area (Å²) in [5.74, 6) is -0.141. The van der Waals surface area contributed by atoms with Gasteiger partial charge < -0.3 is 15.1 Å². The van der Waals surface area contributed by atoms with Gasteiger partial charge in [0.15, 0.2) is 0 Å². The fraction of sp³-hybridized carbons (Fsp3) is 0.778. The third-order valence-electron chi connectivity index (χ3n) is 1.54. The Labute approximate surface area is 85.1 Å². The smallest absolute Gasteiger partial charge is 0.319 e. The molecule has 0 atom stereocenters. The van der Waals surface area contributed by atoms with Gasteiger partial charge in [-0.2, -0.15) is 0 Å². The second kappa shape index (κ2) is 5.47. The van der Waals surface area contributed by atoms with Gasteiger partial charge in [-0.1, -0.05) is 0 Å². The summed E-state index contributed by atoms with van der Waals surface area (Å²) in [5.41, 5.74) is 0. The summed E-state index contributed by atoms with van der Waals surface area (Å²) >= 11 is 0. The summed E-state index contributed by atoms with van der Waals surface area (Å²) in [6.07, 6.45) is 0. The molecule has 5 nitrogen and oxygen atoms in total. The zero-order valence-corrected chi connectivity index (χ0v) is 9.50. The molecule has 1 N–H and O–H groups in total. The Bertz CT molecular complexity index is 214. The van der Waals surface area contributed by atoms with Gasteiger partial charge in [0.1, 0.15) is 6.54 Å². The third-order valence-corrected chi connectivity index (χ3v) is 1.54. The van der Waals surface area contributed by atoms with Crippen molar-refractivity contribution in [2.75, 3.05) is 27.7 Å². The van der Waals surface area contributed by atoms with Crippen molar-refractivity contribution in [3.63, 3.8) is 0 Å². The van der Waals surface area contributed by atoms with E-state index in [0.717, 1.165) is 0 Å². The van der Waals surface area contributed by atoms with Crippen LogP contribution in [0.1, 0.15) is 13.8 Å². The van der Waals surface area contributed by atoms with Crippen LogP contribution in [0.4, 0.5) is 4.79 Å². The Morgan fingerprint density at radius 1 is 1.21 bits per heavy atom. The van der Waals surface area contributed by atoms with Crippen molar-refractivity contribution in [1.82, 2.24) is 15.1 Å². The first-order valence-electron chi connectivity index (χ1n) is 4.56. The van der Waals surface area contributed by atoms with E-state index in [4.69, 9.17) is 0 Å². The maximum atomic E-state index is 11.3. The molecule has 0 heterocycles. The van der Waals surface area contributed by atoms with Gasteiger partial charge in [-0.3, -0.25) is 4.79 Å². The van der Waals surface area contributed by atoms with E-state index in [1.165, 1.54) is 9.80 Å². The van der Waals surface area contributed by atoms with Crippen LogP contribution >= 0.6 is 0 Å². The lowest BCUT2D eigenvalue weighted by Gasteiger charge is -2.21. The van der Waals surface area contributed by atoms with Gasteiger partial charge in [-0.05, 0) is 13.8 Å². The number of amides is 3. The van der Waals surface area contributed by atoms with Crippen LogP contribution in [0, 0.1) is 0 Å². The molecule has 0 bridgehead atoms. The van der Waals surface area contributed by atoms with E-state index in [9.17, 15) is 9.59 Å². The highest BCUT2D eigenvalue weighted by atomic mass is 16.2. The zero-order valence-electron chi connectivity index (χ0n) is 9.50. The van der Waals surface area contributed by atoms with Crippen molar-refractivity contribution < 1.29 is 9.59 Å². The minimum Gasteiger partial charge on any atom is -0.352 e. The lowest BCUT2D eigenvalue weighted by atomic mass is 10.4. The maximum absolute atomic E-state index is 11.3. The molecule has 0 saturated carbocycles. The normalized spacial score (nSPS) is 9.86. The van der Waals surface area contributed by atoms with Gasteiger partial charge >= 0.3 is 6.03 Å². The number of nitrogens with one attached hydrogen (secondary N) is 1. The second-order valence-corrected chi connectivity index (χ2v) is 3.76. The number of hydrogen-bond donors (Lipinski definition) is 1. The summed E-state index contributed by atoms with van der Waals surface area (Å²) in [6, 6.07) is -0.0748. The maximum Gasteiger partial charge on any atom is 0.319 e. The lowest BCUT2D eigenvalue weighted by molar-refractivity contribution is -0.122. The zero-order chi connectivity index (χ0) is 11.3. The van der Waals surface area contributed by atoms with E-state index in [1.807, 2.05) is 13.8 Å². The summed E-state index contributed by atoms with van der Waals surface area (Å²) in [7, 11) is 4.90. The van der Waals surface area contributed by atoms with Crippen molar-refractivity contribution >= 4 is 11.9 Å². The molecule has 3 amide bonds. The van der Waals surface area contributed by atoms with Crippen molar-refractivity contribution in [1.29, 1.82) is 0 Å². The average Bonchev–Trinajstić information content (AvgIpc) is 2.00. The van der Waals surface area contributed by atoms with Gasteiger partial charge in [0.25, 0.3) is 0 Å². The lowest BCUT2D eigenvalue weighted by Crippen LogP contribution is -2.44. The molecule has 0 aromatic carbocycles. The first-order valence-corrected chi connectivity index (χ1v) is 4.56. The Balaban J connectivity index is 4.00. The van der Waals surface area contributed by atoms with Crippen molar-refractivity contribution in [3.8, 4) is 0 Å². The molecule has 0 fully saturated rings. The number of hydrogen-bond acceptors (Lipinski definition) is 2. The Morgan fingerprint density at radius 3 is 2.07 bits per heavy atom. The van der Waals surface area contributed by atoms with Crippen molar-refractivity contribution in [2.45, 2.75) is 19.9 Å². The summed E-state index contributed by atoms with van der Waals surface area (Å²) in [5, 5.41) is 2.72. The fourth-order valence-electron chi connectivity index (χ4n) is 0.992. The predicted molar refractivity (Wildman–Crippen MR) is 55.0 cm³/mol. The van der Waals surface area contributed by atoms with Crippen LogP contribution in [0.15, 0.2) is 0 Å². The monoisotopic (exact) mass is 201 g/mol. The SMILES string of the molecule is CC(C)NC(=O)CN(C)C(=O)N(C)C. The number of rotatable bonds is 3. The van der Waals surface area contributed by atoms with Gasteiger partial charge in [0, 0.05) is 27.2 Å². The number of nitrogens with zero attached hydrogens (tertiary/aromatic N) is 2. The van der Waals surface area contributed by atoms with Crippen LogP contribution < -0.4 is 5.32 Å². The molecular weight excluding hydrogens is 182 g/mol. The van der Waals surface area contributed by atoms with E-state index < -0.39 is 0 Å². The molecule has 14 heavy (non-hydrogen) atoms. The average molecular weight is 201 g/mol. The highest BCUT2D eigenvalue weighted by Gasteiger charge is 2.14. The van der Waals surface area contributed by atoms with Crippen LogP contribution in [0.2, 0.25) is 0 Å². The van der Waals surface area contributed by atoms with E-state index in [1.54, 1.807) is 21.1 Å². The van der Waals surface area contributed by atoms with Gasteiger partial charge in [-0.15, -0.1) is 0 Å². The van der Waals surface area contributed by atoms with Crippen LogP contribution in [0.5, 0.6) is 0 Å². The summed E-state index contributed by atoms with van der Waals surface area (Å²) in [4.78, 5) is 25.4. The molecule has 0 aromatic heterocycles. The van der Waals surface area contributed by atoms with Crippen LogP contribution in [-0.2, 0) is 4.79 Å². The Kier molecular flexibility index (Phi) is 4.97. The highest BCUT2D eigenvalue weighted by Crippen LogP contribution is 1.90. The van der Waals surface area contributed by atoms with Crippen molar-refractivity contribution in [3.05, 3.63) is 0 Å². The molecule has 0 unspecified atom stereocenters. The predicted octanol–water partition coefficient (Wildman–Crippen LogP) is 0.124. The van der Waals surface area contributed by atoms with Crippen LogP contribution in [0.3, 0.4) is 0 Å². The van der Waals surface area contributed by atoms with Crippen molar-refractivity contribution in [2.24, 2.45) is 0 Å². The topological polar surface area (TPSA) is 52.7 Å².